The third kappa shape index (κ3) is 5.71. The zero-order chi connectivity index (χ0) is 11.6. The van der Waals surface area contributed by atoms with E-state index < -0.39 is 0 Å². The van der Waals surface area contributed by atoms with Gasteiger partial charge in [0.2, 0.25) is 0 Å². The average Bonchev–Trinajstić information content (AvgIpc) is 2.29. The van der Waals surface area contributed by atoms with Crippen LogP contribution in [0.25, 0.3) is 0 Å². The van der Waals surface area contributed by atoms with E-state index >= 15 is 0 Å². The normalized spacial score (nSPS) is 11.3. The van der Waals surface area contributed by atoms with E-state index in [1.807, 2.05) is 0 Å². The van der Waals surface area contributed by atoms with Crippen molar-refractivity contribution in [3.63, 3.8) is 0 Å². The second-order valence-electron chi connectivity index (χ2n) is 4.39. The lowest BCUT2D eigenvalue weighted by molar-refractivity contribution is -0.118. The molecule has 15 heavy (non-hydrogen) atoms. The molecule has 0 unspecified atom stereocenters. The van der Waals surface area contributed by atoms with Gasteiger partial charge in [0, 0.05) is 11.8 Å². The quantitative estimate of drug-likeness (QED) is 0.519. The summed E-state index contributed by atoms with van der Waals surface area (Å²) in [4.78, 5) is 21.6. The molecule has 0 amide bonds. The molecule has 0 aromatic rings. The standard InChI is InChI=1S/C13H24O2/c1-3-5-8-13(12-15,9-6-4-2)10-7-11-14/h11-12H,3-10H2,1-2H3. The van der Waals surface area contributed by atoms with Gasteiger partial charge in [-0.1, -0.05) is 39.5 Å². The van der Waals surface area contributed by atoms with Crippen molar-refractivity contribution in [3.05, 3.63) is 0 Å². The molecule has 0 heterocycles. The molecule has 0 saturated heterocycles. The van der Waals surface area contributed by atoms with E-state index in [0.29, 0.717) is 6.42 Å². The molecule has 0 N–H and O–H groups in total. The van der Waals surface area contributed by atoms with Crippen molar-refractivity contribution in [1.82, 2.24) is 0 Å². The highest BCUT2D eigenvalue weighted by atomic mass is 16.1. The number of carbonyl (C=O) groups excluding carboxylic acids is 2. The number of aldehydes is 2. The fraction of sp³-hybridized carbons (Fsp3) is 0.846. The predicted molar refractivity (Wildman–Crippen MR) is 62.8 cm³/mol. The summed E-state index contributed by atoms with van der Waals surface area (Å²) in [7, 11) is 0. The van der Waals surface area contributed by atoms with E-state index in [1.165, 1.54) is 0 Å². The van der Waals surface area contributed by atoms with E-state index in [4.69, 9.17) is 0 Å². The monoisotopic (exact) mass is 212 g/mol. The number of carbonyl (C=O) groups is 2. The Kier molecular flexibility index (Phi) is 8.25. The second-order valence-corrected chi connectivity index (χ2v) is 4.39. The highest BCUT2D eigenvalue weighted by Gasteiger charge is 2.27. The van der Waals surface area contributed by atoms with E-state index in [1.54, 1.807) is 0 Å². The first-order valence-corrected chi connectivity index (χ1v) is 6.14. The van der Waals surface area contributed by atoms with Crippen LogP contribution in [0.2, 0.25) is 0 Å². The Morgan fingerprint density at radius 1 is 0.933 bits per heavy atom. The summed E-state index contributed by atoms with van der Waals surface area (Å²) in [6.45, 7) is 4.27. The molecule has 0 spiro atoms. The minimum atomic E-state index is -0.215. The third-order valence-electron chi connectivity index (χ3n) is 3.07. The van der Waals surface area contributed by atoms with E-state index in [9.17, 15) is 9.59 Å². The molecule has 2 nitrogen and oxygen atoms in total. The van der Waals surface area contributed by atoms with Crippen molar-refractivity contribution in [3.8, 4) is 0 Å². The molecule has 2 heteroatoms. The predicted octanol–water partition coefficient (Wildman–Crippen LogP) is 3.53. The van der Waals surface area contributed by atoms with Crippen molar-refractivity contribution in [2.45, 2.75) is 65.2 Å². The van der Waals surface area contributed by atoms with Gasteiger partial charge >= 0.3 is 0 Å². The molecule has 0 radical (unpaired) electrons. The maximum absolute atomic E-state index is 11.2. The smallest absolute Gasteiger partial charge is 0.126 e. The van der Waals surface area contributed by atoms with Gasteiger partial charge in [0.05, 0.1) is 0 Å². The summed E-state index contributed by atoms with van der Waals surface area (Å²) in [5.41, 5.74) is -0.215. The number of hydrogen-bond acceptors (Lipinski definition) is 2. The molecule has 0 aromatic heterocycles. The van der Waals surface area contributed by atoms with Crippen LogP contribution in [0, 0.1) is 5.41 Å². The van der Waals surface area contributed by atoms with Gasteiger partial charge < -0.3 is 9.59 Å². The summed E-state index contributed by atoms with van der Waals surface area (Å²) in [5.74, 6) is 0. The van der Waals surface area contributed by atoms with Gasteiger partial charge in [-0.05, 0) is 19.3 Å². The van der Waals surface area contributed by atoms with Crippen LogP contribution in [0.15, 0.2) is 0 Å². The first-order valence-electron chi connectivity index (χ1n) is 6.14. The van der Waals surface area contributed by atoms with Crippen molar-refractivity contribution < 1.29 is 9.59 Å². The fourth-order valence-electron chi connectivity index (χ4n) is 1.96. The lowest BCUT2D eigenvalue weighted by Gasteiger charge is -2.27. The van der Waals surface area contributed by atoms with Crippen molar-refractivity contribution in [1.29, 1.82) is 0 Å². The van der Waals surface area contributed by atoms with Crippen LogP contribution in [0.4, 0.5) is 0 Å². The molecule has 0 saturated carbocycles. The summed E-state index contributed by atoms with van der Waals surface area (Å²) in [6.07, 6.45) is 9.57. The molecule has 0 rings (SSSR count). The van der Waals surface area contributed by atoms with Gasteiger partial charge in [-0.15, -0.1) is 0 Å². The molecule has 0 fully saturated rings. The largest absolute Gasteiger partial charge is 0.303 e. The van der Waals surface area contributed by atoms with Crippen molar-refractivity contribution in [2.24, 2.45) is 5.41 Å². The summed E-state index contributed by atoms with van der Waals surface area (Å²) in [5, 5.41) is 0. The lowest BCUT2D eigenvalue weighted by Crippen LogP contribution is -2.23. The molecule has 0 aliphatic rings. The van der Waals surface area contributed by atoms with E-state index in [2.05, 4.69) is 13.8 Å². The summed E-state index contributed by atoms with van der Waals surface area (Å²) < 4.78 is 0. The minimum Gasteiger partial charge on any atom is -0.303 e. The Bertz CT molecular complexity index is 167. The van der Waals surface area contributed by atoms with E-state index in [0.717, 1.165) is 57.5 Å². The SMILES string of the molecule is CCCCC(C=O)(CCC=O)CCCC. The Hall–Kier alpha value is -0.660. The molecular weight excluding hydrogens is 188 g/mol. The fourth-order valence-corrected chi connectivity index (χ4v) is 1.96. The molecule has 0 aromatic carbocycles. The molecular formula is C13H24O2. The lowest BCUT2D eigenvalue weighted by atomic mass is 9.76. The Morgan fingerprint density at radius 3 is 1.80 bits per heavy atom. The van der Waals surface area contributed by atoms with Crippen molar-refractivity contribution >= 4 is 12.6 Å². The summed E-state index contributed by atoms with van der Waals surface area (Å²) in [6, 6.07) is 0. The minimum absolute atomic E-state index is 0.215. The number of rotatable bonds is 10. The first-order chi connectivity index (χ1) is 7.24. The van der Waals surface area contributed by atoms with Crippen LogP contribution in [0.3, 0.4) is 0 Å². The van der Waals surface area contributed by atoms with Crippen molar-refractivity contribution in [2.75, 3.05) is 0 Å². The molecule has 0 atom stereocenters. The number of unbranched alkanes of at least 4 members (excludes halogenated alkanes) is 2. The molecule has 0 aliphatic carbocycles. The summed E-state index contributed by atoms with van der Waals surface area (Å²) >= 11 is 0. The van der Waals surface area contributed by atoms with Crippen LogP contribution >= 0.6 is 0 Å². The van der Waals surface area contributed by atoms with Crippen LogP contribution in [-0.2, 0) is 9.59 Å². The maximum Gasteiger partial charge on any atom is 0.126 e. The van der Waals surface area contributed by atoms with Gasteiger partial charge in [0.15, 0.2) is 0 Å². The van der Waals surface area contributed by atoms with E-state index in [-0.39, 0.29) is 5.41 Å². The second kappa shape index (κ2) is 8.63. The van der Waals surface area contributed by atoms with Gasteiger partial charge in [-0.2, -0.15) is 0 Å². The molecule has 88 valence electrons. The van der Waals surface area contributed by atoms with Gasteiger partial charge in [-0.25, -0.2) is 0 Å². The zero-order valence-corrected chi connectivity index (χ0v) is 10.1. The highest BCUT2D eigenvalue weighted by molar-refractivity contribution is 5.60. The zero-order valence-electron chi connectivity index (χ0n) is 10.1. The van der Waals surface area contributed by atoms with Crippen LogP contribution in [0.5, 0.6) is 0 Å². The van der Waals surface area contributed by atoms with Crippen LogP contribution in [0.1, 0.15) is 65.2 Å². The maximum atomic E-state index is 11.2. The van der Waals surface area contributed by atoms with Gasteiger partial charge in [0.25, 0.3) is 0 Å². The van der Waals surface area contributed by atoms with Crippen LogP contribution < -0.4 is 0 Å². The molecule has 0 aliphatic heterocycles. The Morgan fingerprint density at radius 2 is 1.47 bits per heavy atom. The number of hydrogen-bond donors (Lipinski definition) is 0. The third-order valence-corrected chi connectivity index (χ3v) is 3.07. The van der Waals surface area contributed by atoms with Crippen LogP contribution in [-0.4, -0.2) is 12.6 Å². The van der Waals surface area contributed by atoms with Gasteiger partial charge in [0.1, 0.15) is 12.6 Å². The molecule has 0 bridgehead atoms. The van der Waals surface area contributed by atoms with Gasteiger partial charge in [-0.3, -0.25) is 0 Å². The highest BCUT2D eigenvalue weighted by Crippen LogP contribution is 2.33. The Labute approximate surface area is 93.4 Å². The topological polar surface area (TPSA) is 34.1 Å². The first kappa shape index (κ1) is 14.3. The Balaban J connectivity index is 4.28. The average molecular weight is 212 g/mol.